The van der Waals surface area contributed by atoms with Crippen molar-refractivity contribution in [2.24, 2.45) is 0 Å². The lowest BCUT2D eigenvalue weighted by atomic mass is 10.1. The van der Waals surface area contributed by atoms with E-state index in [-0.39, 0.29) is 5.78 Å². The van der Waals surface area contributed by atoms with E-state index in [0.717, 1.165) is 16.9 Å². The number of anilines is 2. The molecule has 0 spiro atoms. The van der Waals surface area contributed by atoms with E-state index >= 15 is 0 Å². The van der Waals surface area contributed by atoms with Crippen molar-refractivity contribution in [1.82, 2.24) is 0 Å². The van der Waals surface area contributed by atoms with E-state index in [1.165, 1.54) is 0 Å². The van der Waals surface area contributed by atoms with Crippen molar-refractivity contribution in [2.45, 2.75) is 0 Å². The van der Waals surface area contributed by atoms with Crippen LogP contribution in [0.4, 0.5) is 11.4 Å². The quantitative estimate of drug-likeness (QED) is 0.348. The highest BCUT2D eigenvalue weighted by molar-refractivity contribution is 6.04. The zero-order valence-electron chi connectivity index (χ0n) is 13.8. The Hall–Kier alpha value is -3.39. The van der Waals surface area contributed by atoms with Crippen LogP contribution in [0, 0.1) is 0 Å². The largest absolute Gasteiger partial charge is 0.356 e. The Morgan fingerprint density at radius 3 is 1.96 bits per heavy atom. The molecule has 122 valence electrons. The molecule has 0 saturated heterocycles. The second kappa shape index (κ2) is 8.46. The number of carbonyl (C=O) groups is 1. The monoisotopic (exact) mass is 325 g/mol. The highest BCUT2D eigenvalue weighted by atomic mass is 16.1. The minimum atomic E-state index is -0.0102. The van der Waals surface area contributed by atoms with E-state index in [2.05, 4.69) is 5.32 Å². The van der Waals surface area contributed by atoms with Crippen molar-refractivity contribution < 1.29 is 4.79 Å². The molecule has 3 rings (SSSR count). The number of hydrogen-bond donors (Lipinski definition) is 1. The van der Waals surface area contributed by atoms with Gasteiger partial charge in [-0.2, -0.15) is 0 Å². The normalized spacial score (nSPS) is 11.0. The number of nitrogens with one attached hydrogen (secondary N) is 1. The predicted octanol–water partition coefficient (Wildman–Crippen LogP) is 5.88. The number of allylic oxidation sites excluding steroid dienone is 3. The molecule has 2 heteroatoms. The molecule has 0 atom stereocenters. The molecule has 3 aromatic rings. The lowest BCUT2D eigenvalue weighted by Crippen LogP contribution is -1.95. The SMILES string of the molecule is O=C(/C=C/C=C/c1ccccc1)c1ccc(Nc2ccccc2)cc1. The lowest BCUT2D eigenvalue weighted by Gasteiger charge is -2.06. The molecule has 0 bridgehead atoms. The summed E-state index contributed by atoms with van der Waals surface area (Å²) < 4.78 is 0. The van der Waals surface area contributed by atoms with Gasteiger partial charge in [-0.25, -0.2) is 0 Å². The van der Waals surface area contributed by atoms with E-state index in [9.17, 15) is 4.79 Å². The summed E-state index contributed by atoms with van der Waals surface area (Å²) in [6, 6.07) is 27.4. The van der Waals surface area contributed by atoms with Gasteiger partial charge in [0.15, 0.2) is 5.78 Å². The molecule has 0 aliphatic carbocycles. The maximum absolute atomic E-state index is 12.2. The Kier molecular flexibility index (Phi) is 5.57. The summed E-state index contributed by atoms with van der Waals surface area (Å²) >= 11 is 0. The van der Waals surface area contributed by atoms with Gasteiger partial charge in [0.2, 0.25) is 0 Å². The van der Waals surface area contributed by atoms with E-state index in [4.69, 9.17) is 0 Å². The second-order valence-electron chi connectivity index (χ2n) is 5.56. The van der Waals surface area contributed by atoms with Crippen LogP contribution in [-0.4, -0.2) is 5.78 Å². The van der Waals surface area contributed by atoms with Gasteiger partial charge in [-0.15, -0.1) is 0 Å². The molecule has 3 aromatic carbocycles. The number of hydrogen-bond acceptors (Lipinski definition) is 2. The maximum Gasteiger partial charge on any atom is 0.185 e. The first-order valence-corrected chi connectivity index (χ1v) is 8.17. The summed E-state index contributed by atoms with van der Waals surface area (Å²) in [5.74, 6) is -0.0102. The van der Waals surface area contributed by atoms with Crippen molar-refractivity contribution in [3.8, 4) is 0 Å². The van der Waals surface area contributed by atoms with Crippen LogP contribution in [0.5, 0.6) is 0 Å². The molecule has 0 amide bonds. The van der Waals surface area contributed by atoms with Crippen molar-refractivity contribution in [2.75, 3.05) is 5.32 Å². The molecular formula is C23H19NO. The highest BCUT2D eigenvalue weighted by Crippen LogP contribution is 2.17. The number of ketones is 1. The van der Waals surface area contributed by atoms with E-state index in [1.54, 1.807) is 12.2 Å². The van der Waals surface area contributed by atoms with Gasteiger partial charge in [0, 0.05) is 16.9 Å². The average Bonchev–Trinajstić information content (AvgIpc) is 2.67. The molecule has 0 radical (unpaired) electrons. The summed E-state index contributed by atoms with van der Waals surface area (Å²) in [5, 5.41) is 3.30. The van der Waals surface area contributed by atoms with Crippen molar-refractivity contribution in [3.63, 3.8) is 0 Å². The molecule has 25 heavy (non-hydrogen) atoms. The molecule has 0 aliphatic rings. The van der Waals surface area contributed by atoms with Gasteiger partial charge in [-0.05, 0) is 48.0 Å². The molecule has 0 fully saturated rings. The van der Waals surface area contributed by atoms with Gasteiger partial charge in [0.25, 0.3) is 0 Å². The topological polar surface area (TPSA) is 29.1 Å². The summed E-state index contributed by atoms with van der Waals surface area (Å²) in [6.07, 6.45) is 7.19. The summed E-state index contributed by atoms with van der Waals surface area (Å²) in [4.78, 5) is 12.2. The standard InChI is InChI=1S/C23H19NO/c25-23(14-8-7-11-19-9-3-1-4-10-19)20-15-17-22(18-16-20)24-21-12-5-2-6-13-21/h1-18,24H/b11-7+,14-8+. The zero-order chi connectivity index (χ0) is 17.3. The minimum Gasteiger partial charge on any atom is -0.356 e. The molecule has 0 saturated carbocycles. The Balaban J connectivity index is 1.59. The Morgan fingerprint density at radius 2 is 1.28 bits per heavy atom. The first kappa shape index (κ1) is 16.5. The molecule has 0 aliphatic heterocycles. The van der Waals surface area contributed by atoms with E-state index in [1.807, 2.05) is 97.1 Å². The smallest absolute Gasteiger partial charge is 0.185 e. The second-order valence-corrected chi connectivity index (χ2v) is 5.56. The molecule has 0 unspecified atom stereocenters. The fraction of sp³-hybridized carbons (Fsp3) is 0. The lowest BCUT2D eigenvalue weighted by molar-refractivity contribution is 0.104. The van der Waals surface area contributed by atoms with Crippen LogP contribution in [0.3, 0.4) is 0 Å². The number of para-hydroxylation sites is 1. The molecule has 0 heterocycles. The van der Waals surface area contributed by atoms with Crippen LogP contribution in [0.1, 0.15) is 15.9 Å². The van der Waals surface area contributed by atoms with Crippen LogP contribution in [0.15, 0.2) is 103 Å². The highest BCUT2D eigenvalue weighted by Gasteiger charge is 2.01. The fourth-order valence-electron chi connectivity index (χ4n) is 2.38. The number of benzene rings is 3. The van der Waals surface area contributed by atoms with Gasteiger partial charge in [-0.1, -0.05) is 66.8 Å². The van der Waals surface area contributed by atoms with Crippen LogP contribution in [-0.2, 0) is 0 Å². The summed E-state index contributed by atoms with van der Waals surface area (Å²) in [7, 11) is 0. The Bertz CT molecular complexity index is 863. The molecular weight excluding hydrogens is 306 g/mol. The van der Waals surface area contributed by atoms with Gasteiger partial charge in [-0.3, -0.25) is 4.79 Å². The third-order valence-electron chi connectivity index (χ3n) is 3.68. The zero-order valence-corrected chi connectivity index (χ0v) is 13.8. The van der Waals surface area contributed by atoms with Gasteiger partial charge >= 0.3 is 0 Å². The summed E-state index contributed by atoms with van der Waals surface area (Å²) in [6.45, 7) is 0. The van der Waals surface area contributed by atoms with Crippen LogP contribution < -0.4 is 5.32 Å². The van der Waals surface area contributed by atoms with Gasteiger partial charge in [0.1, 0.15) is 0 Å². The van der Waals surface area contributed by atoms with Crippen molar-refractivity contribution >= 4 is 23.2 Å². The average molecular weight is 325 g/mol. The first-order chi connectivity index (χ1) is 12.3. The minimum absolute atomic E-state index is 0.0102. The number of carbonyl (C=O) groups excluding carboxylic acids is 1. The number of rotatable bonds is 6. The maximum atomic E-state index is 12.2. The van der Waals surface area contributed by atoms with Crippen LogP contribution in [0.25, 0.3) is 6.08 Å². The third kappa shape index (κ3) is 5.05. The molecule has 2 nitrogen and oxygen atoms in total. The Morgan fingerprint density at radius 1 is 0.680 bits per heavy atom. The van der Waals surface area contributed by atoms with Crippen molar-refractivity contribution in [3.05, 3.63) is 114 Å². The first-order valence-electron chi connectivity index (χ1n) is 8.17. The molecule has 1 N–H and O–H groups in total. The van der Waals surface area contributed by atoms with E-state index in [0.29, 0.717) is 5.56 Å². The van der Waals surface area contributed by atoms with Gasteiger partial charge < -0.3 is 5.32 Å². The third-order valence-corrected chi connectivity index (χ3v) is 3.68. The van der Waals surface area contributed by atoms with Gasteiger partial charge in [0.05, 0.1) is 0 Å². The fourth-order valence-corrected chi connectivity index (χ4v) is 2.38. The van der Waals surface area contributed by atoms with Crippen LogP contribution in [0.2, 0.25) is 0 Å². The Labute approximate surface area is 148 Å². The molecule has 0 aromatic heterocycles. The summed E-state index contributed by atoms with van der Waals surface area (Å²) in [5.41, 5.74) is 3.75. The van der Waals surface area contributed by atoms with E-state index < -0.39 is 0 Å². The predicted molar refractivity (Wildman–Crippen MR) is 105 cm³/mol. The van der Waals surface area contributed by atoms with Crippen LogP contribution >= 0.6 is 0 Å². The van der Waals surface area contributed by atoms with Crippen molar-refractivity contribution in [1.29, 1.82) is 0 Å².